The zero-order valence-corrected chi connectivity index (χ0v) is 13.3. The number of benzene rings is 1. The molecule has 1 unspecified atom stereocenters. The fourth-order valence-corrected chi connectivity index (χ4v) is 2.37. The van der Waals surface area contributed by atoms with Gasteiger partial charge in [0.25, 0.3) is 5.91 Å². The minimum absolute atomic E-state index is 0.0331. The van der Waals surface area contributed by atoms with Gasteiger partial charge in [0, 0.05) is 11.1 Å². The zero-order valence-electron chi connectivity index (χ0n) is 11.8. The molecule has 7 heteroatoms. The van der Waals surface area contributed by atoms with Crippen molar-refractivity contribution in [2.75, 3.05) is 6.61 Å². The van der Waals surface area contributed by atoms with Gasteiger partial charge in [-0.3, -0.25) is 4.79 Å². The van der Waals surface area contributed by atoms with Gasteiger partial charge in [0.05, 0.1) is 5.02 Å². The summed E-state index contributed by atoms with van der Waals surface area (Å²) in [6, 6.07) is 2.62. The maximum absolute atomic E-state index is 11.7. The average Bonchev–Trinajstić information content (AvgIpc) is 2.36. The highest BCUT2D eigenvalue weighted by Gasteiger charge is 2.18. The average molecular weight is 334 g/mol. The van der Waals surface area contributed by atoms with Crippen molar-refractivity contribution in [2.24, 2.45) is 0 Å². The number of aromatic carboxylic acids is 1. The zero-order chi connectivity index (χ0) is 16.0. The van der Waals surface area contributed by atoms with Crippen molar-refractivity contribution in [3.8, 4) is 5.75 Å². The van der Waals surface area contributed by atoms with Crippen molar-refractivity contribution in [1.82, 2.24) is 5.32 Å². The molecule has 1 rings (SSSR count). The second-order valence-electron chi connectivity index (χ2n) is 4.62. The highest BCUT2D eigenvalue weighted by Crippen LogP contribution is 2.32. The van der Waals surface area contributed by atoms with E-state index < -0.39 is 5.97 Å². The molecular weight excluding hydrogens is 317 g/mol. The van der Waals surface area contributed by atoms with Crippen LogP contribution in [0.25, 0.3) is 0 Å². The van der Waals surface area contributed by atoms with Crippen LogP contribution in [0, 0.1) is 0 Å². The Kier molecular flexibility index (Phi) is 6.78. The van der Waals surface area contributed by atoms with Gasteiger partial charge in [-0.25, -0.2) is 4.79 Å². The molecule has 0 saturated carbocycles. The summed E-state index contributed by atoms with van der Waals surface area (Å²) in [6.07, 6.45) is 1.81. The number of hydrogen-bond donors (Lipinski definition) is 2. The molecule has 0 aliphatic rings. The van der Waals surface area contributed by atoms with Gasteiger partial charge in [-0.2, -0.15) is 0 Å². The standard InChI is InChI=1S/C14H17Cl2NO4/c1-3-4-8(2)17-12(18)7-21-13-10(14(19)20)5-9(15)6-11(13)16/h5-6,8H,3-4,7H2,1-2H3,(H,17,18)(H,19,20). The van der Waals surface area contributed by atoms with Crippen LogP contribution in [0.4, 0.5) is 0 Å². The van der Waals surface area contributed by atoms with Crippen molar-refractivity contribution in [3.63, 3.8) is 0 Å². The number of carboxylic acids is 1. The molecule has 0 bridgehead atoms. The van der Waals surface area contributed by atoms with Crippen LogP contribution in [-0.2, 0) is 4.79 Å². The summed E-state index contributed by atoms with van der Waals surface area (Å²) in [5.74, 6) is -1.63. The van der Waals surface area contributed by atoms with Crippen LogP contribution < -0.4 is 10.1 Å². The van der Waals surface area contributed by atoms with Gasteiger partial charge in [-0.15, -0.1) is 0 Å². The van der Waals surface area contributed by atoms with Gasteiger partial charge in [0.2, 0.25) is 0 Å². The van der Waals surface area contributed by atoms with Crippen LogP contribution in [-0.4, -0.2) is 29.6 Å². The van der Waals surface area contributed by atoms with Crippen molar-refractivity contribution >= 4 is 35.1 Å². The molecule has 0 aliphatic carbocycles. The van der Waals surface area contributed by atoms with E-state index in [1.54, 1.807) is 0 Å². The predicted molar refractivity (Wildman–Crippen MR) is 81.4 cm³/mol. The Morgan fingerprint density at radius 2 is 2.05 bits per heavy atom. The Morgan fingerprint density at radius 3 is 2.62 bits per heavy atom. The van der Waals surface area contributed by atoms with Crippen LogP contribution in [0.1, 0.15) is 37.0 Å². The highest BCUT2D eigenvalue weighted by atomic mass is 35.5. The number of ether oxygens (including phenoxy) is 1. The normalized spacial score (nSPS) is 11.8. The lowest BCUT2D eigenvalue weighted by Gasteiger charge is -2.14. The van der Waals surface area contributed by atoms with Crippen molar-refractivity contribution in [2.45, 2.75) is 32.7 Å². The second kappa shape index (κ2) is 8.10. The smallest absolute Gasteiger partial charge is 0.339 e. The first kappa shape index (κ1) is 17.6. The maximum atomic E-state index is 11.7. The van der Waals surface area contributed by atoms with Gasteiger partial charge in [-0.05, 0) is 25.5 Å². The third-order valence-corrected chi connectivity index (χ3v) is 3.21. The quantitative estimate of drug-likeness (QED) is 0.802. The Hall–Kier alpha value is -1.46. The number of nitrogens with one attached hydrogen (secondary N) is 1. The molecule has 21 heavy (non-hydrogen) atoms. The van der Waals surface area contributed by atoms with E-state index >= 15 is 0 Å². The molecule has 1 atom stereocenters. The highest BCUT2D eigenvalue weighted by molar-refractivity contribution is 6.36. The number of carbonyl (C=O) groups excluding carboxylic acids is 1. The minimum atomic E-state index is -1.23. The fourth-order valence-electron chi connectivity index (χ4n) is 1.83. The molecule has 0 spiro atoms. The number of rotatable bonds is 7. The van der Waals surface area contributed by atoms with Crippen LogP contribution in [0.5, 0.6) is 5.75 Å². The SMILES string of the molecule is CCCC(C)NC(=O)COc1c(Cl)cc(Cl)cc1C(=O)O. The van der Waals surface area contributed by atoms with Crippen molar-refractivity contribution < 1.29 is 19.4 Å². The van der Waals surface area contributed by atoms with Crippen molar-refractivity contribution in [3.05, 3.63) is 27.7 Å². The molecule has 0 saturated heterocycles. The number of hydrogen-bond acceptors (Lipinski definition) is 3. The Bertz CT molecular complexity index is 534. The van der Waals surface area contributed by atoms with E-state index in [0.29, 0.717) is 0 Å². The number of carbonyl (C=O) groups is 2. The summed E-state index contributed by atoms with van der Waals surface area (Å²) < 4.78 is 5.24. The van der Waals surface area contributed by atoms with E-state index in [9.17, 15) is 9.59 Å². The first-order valence-corrected chi connectivity index (χ1v) is 7.25. The van der Waals surface area contributed by atoms with E-state index in [1.807, 2.05) is 13.8 Å². The van der Waals surface area contributed by atoms with E-state index in [2.05, 4.69) is 5.32 Å². The number of halogens is 2. The molecule has 1 aromatic carbocycles. The lowest BCUT2D eigenvalue weighted by molar-refractivity contribution is -0.123. The van der Waals surface area contributed by atoms with Gasteiger partial charge < -0.3 is 15.2 Å². The first-order valence-electron chi connectivity index (χ1n) is 6.49. The molecule has 0 aromatic heterocycles. The summed E-state index contributed by atoms with van der Waals surface area (Å²) in [5, 5.41) is 12.1. The molecule has 0 radical (unpaired) electrons. The van der Waals surface area contributed by atoms with Gasteiger partial charge in [0.1, 0.15) is 5.56 Å². The van der Waals surface area contributed by atoms with E-state index in [1.165, 1.54) is 12.1 Å². The number of carboxylic acid groups (broad SMARTS) is 1. The Labute approximate surface area is 133 Å². The Balaban J connectivity index is 2.75. The van der Waals surface area contributed by atoms with Crippen LogP contribution in [0.3, 0.4) is 0 Å². The lowest BCUT2D eigenvalue weighted by atomic mass is 10.2. The molecule has 5 nitrogen and oxygen atoms in total. The van der Waals surface area contributed by atoms with Gasteiger partial charge in [-0.1, -0.05) is 36.5 Å². The van der Waals surface area contributed by atoms with Gasteiger partial charge in [0.15, 0.2) is 12.4 Å². The summed E-state index contributed by atoms with van der Waals surface area (Å²) in [6.45, 7) is 3.60. The molecular formula is C14H17Cl2NO4. The molecule has 0 fully saturated rings. The minimum Gasteiger partial charge on any atom is -0.481 e. The predicted octanol–water partition coefficient (Wildman–Crippen LogP) is 3.38. The van der Waals surface area contributed by atoms with E-state index in [4.69, 9.17) is 33.0 Å². The topological polar surface area (TPSA) is 75.6 Å². The van der Waals surface area contributed by atoms with Crippen molar-refractivity contribution in [1.29, 1.82) is 0 Å². The van der Waals surface area contributed by atoms with Crippen LogP contribution in [0.2, 0.25) is 10.0 Å². The second-order valence-corrected chi connectivity index (χ2v) is 5.46. The number of amides is 1. The van der Waals surface area contributed by atoms with Gasteiger partial charge >= 0.3 is 5.97 Å². The maximum Gasteiger partial charge on any atom is 0.339 e. The van der Waals surface area contributed by atoms with Crippen LogP contribution >= 0.6 is 23.2 Å². The first-order chi connectivity index (χ1) is 9.85. The third kappa shape index (κ3) is 5.44. The fraction of sp³-hybridized carbons (Fsp3) is 0.429. The largest absolute Gasteiger partial charge is 0.481 e. The Morgan fingerprint density at radius 1 is 1.38 bits per heavy atom. The summed E-state index contributed by atoms with van der Waals surface area (Å²) in [4.78, 5) is 22.8. The van der Waals surface area contributed by atoms with Crippen LogP contribution in [0.15, 0.2) is 12.1 Å². The monoisotopic (exact) mass is 333 g/mol. The molecule has 1 aromatic rings. The molecule has 116 valence electrons. The molecule has 0 heterocycles. The summed E-state index contributed by atoms with van der Waals surface area (Å²) >= 11 is 11.7. The van der Waals surface area contributed by atoms with E-state index in [0.717, 1.165) is 12.8 Å². The third-order valence-electron chi connectivity index (χ3n) is 2.72. The summed E-state index contributed by atoms with van der Waals surface area (Å²) in [7, 11) is 0. The summed E-state index contributed by atoms with van der Waals surface area (Å²) in [5.41, 5.74) is -0.179. The molecule has 2 N–H and O–H groups in total. The van der Waals surface area contributed by atoms with E-state index in [-0.39, 0.29) is 39.9 Å². The molecule has 1 amide bonds. The lowest BCUT2D eigenvalue weighted by Crippen LogP contribution is -2.36. The molecule has 0 aliphatic heterocycles.